The number of rotatable bonds is 5. The van der Waals surface area contributed by atoms with Gasteiger partial charge in [-0.1, -0.05) is 6.92 Å². The van der Waals surface area contributed by atoms with Crippen LogP contribution in [0.1, 0.15) is 32.5 Å². The Morgan fingerprint density at radius 3 is 2.93 bits per heavy atom. The van der Waals surface area contributed by atoms with Crippen LogP contribution in [0.15, 0.2) is 12.4 Å². The summed E-state index contributed by atoms with van der Waals surface area (Å²) in [5.74, 6) is 6.75. The molecule has 1 aliphatic carbocycles. The van der Waals surface area contributed by atoms with Crippen LogP contribution in [0.2, 0.25) is 0 Å². The van der Waals surface area contributed by atoms with E-state index in [4.69, 9.17) is 5.84 Å². The van der Waals surface area contributed by atoms with Crippen molar-refractivity contribution < 1.29 is 0 Å². The van der Waals surface area contributed by atoms with Crippen LogP contribution in [0.3, 0.4) is 0 Å². The largest absolute Gasteiger partial charge is 0.335 e. The first-order valence-corrected chi connectivity index (χ1v) is 5.66. The molecule has 0 aliphatic heterocycles. The Hall–Kier alpha value is -0.870. The highest BCUT2D eigenvalue weighted by molar-refractivity contribution is 5.04. The molecule has 2 rings (SSSR count). The summed E-state index contributed by atoms with van der Waals surface area (Å²) in [6, 6.07) is 0.352. The summed E-state index contributed by atoms with van der Waals surface area (Å²) in [5, 5.41) is 0. The number of nitrogens with two attached hydrogens (primary N) is 1. The molecule has 1 aromatic heterocycles. The number of nitrogens with zero attached hydrogens (tertiary/aromatic N) is 2. The van der Waals surface area contributed by atoms with E-state index in [-0.39, 0.29) is 0 Å². The molecule has 1 saturated carbocycles. The van der Waals surface area contributed by atoms with E-state index in [1.807, 2.05) is 12.4 Å². The number of aromatic nitrogens is 2. The van der Waals surface area contributed by atoms with E-state index < -0.39 is 0 Å². The Labute approximate surface area is 90.8 Å². The lowest BCUT2D eigenvalue weighted by atomic mass is 9.96. The molecule has 84 valence electrons. The zero-order chi connectivity index (χ0) is 10.9. The maximum Gasteiger partial charge on any atom is 0.110 e. The number of nitrogens with one attached hydrogen (secondary N) is 1. The van der Waals surface area contributed by atoms with Crippen LogP contribution in [0, 0.1) is 5.41 Å². The van der Waals surface area contributed by atoms with E-state index in [2.05, 4.69) is 28.8 Å². The van der Waals surface area contributed by atoms with Crippen LogP contribution in [0.4, 0.5) is 0 Å². The number of hydrogen-bond donors (Lipinski definition) is 2. The molecule has 0 radical (unpaired) electrons. The van der Waals surface area contributed by atoms with Gasteiger partial charge in [-0.3, -0.25) is 11.3 Å². The monoisotopic (exact) mass is 208 g/mol. The number of hydrogen-bond acceptors (Lipinski definition) is 3. The van der Waals surface area contributed by atoms with E-state index in [0.717, 1.165) is 18.8 Å². The van der Waals surface area contributed by atoms with Crippen LogP contribution in [0.5, 0.6) is 0 Å². The van der Waals surface area contributed by atoms with Gasteiger partial charge in [-0.05, 0) is 25.2 Å². The van der Waals surface area contributed by atoms with Gasteiger partial charge in [-0.25, -0.2) is 4.98 Å². The molecule has 1 atom stereocenters. The van der Waals surface area contributed by atoms with E-state index in [1.54, 1.807) is 0 Å². The first kappa shape index (κ1) is 10.6. The van der Waals surface area contributed by atoms with Crippen molar-refractivity contribution in [3.8, 4) is 0 Å². The Kier molecular flexibility index (Phi) is 2.80. The van der Waals surface area contributed by atoms with Crippen molar-refractivity contribution in [3.05, 3.63) is 18.2 Å². The molecule has 3 N–H and O–H groups in total. The molecule has 0 spiro atoms. The summed E-state index contributed by atoms with van der Waals surface area (Å²) < 4.78 is 2.18. The van der Waals surface area contributed by atoms with E-state index in [9.17, 15) is 0 Å². The topological polar surface area (TPSA) is 55.9 Å². The summed E-state index contributed by atoms with van der Waals surface area (Å²) in [6.45, 7) is 5.40. The van der Waals surface area contributed by atoms with E-state index in [1.165, 1.54) is 12.8 Å². The van der Waals surface area contributed by atoms with Gasteiger partial charge >= 0.3 is 0 Å². The predicted molar refractivity (Wildman–Crippen MR) is 60.1 cm³/mol. The lowest BCUT2D eigenvalue weighted by Gasteiger charge is -2.22. The molecule has 1 unspecified atom stereocenters. The Morgan fingerprint density at radius 1 is 1.67 bits per heavy atom. The number of imidazole rings is 1. The van der Waals surface area contributed by atoms with Crippen molar-refractivity contribution in [2.45, 2.75) is 45.7 Å². The molecule has 0 aromatic carbocycles. The average molecular weight is 208 g/mol. The van der Waals surface area contributed by atoms with Crippen LogP contribution in [-0.2, 0) is 13.0 Å². The summed E-state index contributed by atoms with van der Waals surface area (Å²) in [7, 11) is 0. The van der Waals surface area contributed by atoms with Crippen molar-refractivity contribution in [2.75, 3.05) is 0 Å². The first-order valence-electron chi connectivity index (χ1n) is 5.66. The van der Waals surface area contributed by atoms with Crippen molar-refractivity contribution in [2.24, 2.45) is 11.3 Å². The molecule has 1 aromatic rings. The van der Waals surface area contributed by atoms with Gasteiger partial charge in [-0.15, -0.1) is 0 Å². The van der Waals surface area contributed by atoms with Gasteiger partial charge in [0.1, 0.15) is 5.82 Å². The van der Waals surface area contributed by atoms with Crippen LogP contribution in [-0.4, -0.2) is 15.6 Å². The lowest BCUT2D eigenvalue weighted by molar-refractivity contribution is 0.350. The molecule has 1 aliphatic rings. The summed E-state index contributed by atoms with van der Waals surface area (Å²) in [6.07, 6.45) is 7.36. The highest BCUT2D eigenvalue weighted by Gasteiger charge is 2.44. The standard InChI is InChI=1S/C11H20N4/c1-3-15-7-6-13-10(15)8-9(14-12)11(2)4-5-11/h6-7,9,14H,3-5,8,12H2,1-2H3. The van der Waals surface area contributed by atoms with Crippen molar-refractivity contribution in [3.63, 3.8) is 0 Å². The molecular weight excluding hydrogens is 188 g/mol. The zero-order valence-corrected chi connectivity index (χ0v) is 9.53. The van der Waals surface area contributed by atoms with Gasteiger partial charge in [0.05, 0.1) is 0 Å². The van der Waals surface area contributed by atoms with Gasteiger partial charge in [-0.2, -0.15) is 0 Å². The van der Waals surface area contributed by atoms with Crippen molar-refractivity contribution >= 4 is 0 Å². The third-order valence-corrected chi connectivity index (χ3v) is 3.61. The van der Waals surface area contributed by atoms with Gasteiger partial charge in [0.25, 0.3) is 0 Å². The second-order valence-electron chi connectivity index (χ2n) is 4.71. The smallest absolute Gasteiger partial charge is 0.110 e. The minimum atomic E-state index is 0.352. The predicted octanol–water partition coefficient (Wildman–Crippen LogP) is 1.08. The van der Waals surface area contributed by atoms with Crippen molar-refractivity contribution in [1.82, 2.24) is 15.0 Å². The Morgan fingerprint density at radius 2 is 2.40 bits per heavy atom. The summed E-state index contributed by atoms with van der Waals surface area (Å²) in [4.78, 5) is 4.38. The molecule has 0 bridgehead atoms. The first-order chi connectivity index (χ1) is 7.19. The second kappa shape index (κ2) is 3.94. The van der Waals surface area contributed by atoms with Gasteiger partial charge in [0.15, 0.2) is 0 Å². The molecule has 0 saturated heterocycles. The molecule has 1 fully saturated rings. The fourth-order valence-electron chi connectivity index (χ4n) is 2.05. The average Bonchev–Trinajstić information content (AvgIpc) is 2.83. The minimum Gasteiger partial charge on any atom is -0.335 e. The normalized spacial score (nSPS) is 20.2. The maximum atomic E-state index is 5.62. The summed E-state index contributed by atoms with van der Waals surface area (Å²) in [5.41, 5.74) is 3.33. The van der Waals surface area contributed by atoms with Crippen molar-refractivity contribution in [1.29, 1.82) is 0 Å². The van der Waals surface area contributed by atoms with Gasteiger partial charge in [0, 0.05) is 31.4 Å². The van der Waals surface area contributed by atoms with Crippen LogP contribution >= 0.6 is 0 Å². The second-order valence-corrected chi connectivity index (χ2v) is 4.71. The highest BCUT2D eigenvalue weighted by atomic mass is 15.2. The fourth-order valence-corrected chi connectivity index (χ4v) is 2.05. The number of hydrazine groups is 1. The molecule has 0 amide bonds. The third kappa shape index (κ3) is 2.06. The summed E-state index contributed by atoms with van der Waals surface area (Å²) >= 11 is 0. The SMILES string of the molecule is CCn1ccnc1CC(NN)C1(C)CC1. The van der Waals surface area contributed by atoms with Crippen LogP contribution in [0.25, 0.3) is 0 Å². The molecule has 15 heavy (non-hydrogen) atoms. The quantitative estimate of drug-likeness (QED) is 0.562. The minimum absolute atomic E-state index is 0.352. The molecular formula is C11H20N4. The van der Waals surface area contributed by atoms with Crippen LogP contribution < -0.4 is 11.3 Å². The van der Waals surface area contributed by atoms with Gasteiger partial charge in [0.2, 0.25) is 0 Å². The van der Waals surface area contributed by atoms with Gasteiger partial charge < -0.3 is 4.57 Å². The number of aryl methyl sites for hydroxylation is 1. The molecule has 1 heterocycles. The van der Waals surface area contributed by atoms with E-state index >= 15 is 0 Å². The third-order valence-electron chi connectivity index (χ3n) is 3.61. The molecule has 4 heteroatoms. The zero-order valence-electron chi connectivity index (χ0n) is 9.53. The Bertz CT molecular complexity index is 327. The fraction of sp³-hybridized carbons (Fsp3) is 0.727. The highest BCUT2D eigenvalue weighted by Crippen LogP contribution is 2.48. The lowest BCUT2D eigenvalue weighted by Crippen LogP contribution is -2.43. The maximum absolute atomic E-state index is 5.62. The van der Waals surface area contributed by atoms with E-state index in [0.29, 0.717) is 11.5 Å². The molecule has 4 nitrogen and oxygen atoms in total. The Balaban J connectivity index is 2.06.